The second-order valence-corrected chi connectivity index (χ2v) is 20.5. The molecule has 8 atom stereocenters. The van der Waals surface area contributed by atoms with Crippen molar-refractivity contribution in [3.63, 3.8) is 0 Å². The van der Waals surface area contributed by atoms with Crippen molar-refractivity contribution in [2.45, 2.75) is 126 Å². The number of nitrogens with zero attached hydrogens (tertiary/aromatic N) is 3. The van der Waals surface area contributed by atoms with Crippen molar-refractivity contribution in [1.29, 1.82) is 0 Å². The van der Waals surface area contributed by atoms with Crippen molar-refractivity contribution in [3.05, 3.63) is 108 Å². The van der Waals surface area contributed by atoms with E-state index in [9.17, 15) is 33.6 Å². The molecule has 0 saturated carbocycles. The molecule has 3 aromatic carbocycles. The first-order valence-electron chi connectivity index (χ1n) is 27.2. The van der Waals surface area contributed by atoms with Gasteiger partial charge in [-0.25, -0.2) is 0 Å². The Kier molecular flexibility index (Phi) is 22.9. The number of guanidine groups is 2. The minimum absolute atomic E-state index is 0.00847. The summed E-state index contributed by atoms with van der Waals surface area (Å²) in [6.07, 6.45) is 2.51. The maximum Gasteiger partial charge on any atom is 0.246 e. The van der Waals surface area contributed by atoms with Crippen LogP contribution in [0.5, 0.6) is 0 Å². The van der Waals surface area contributed by atoms with Crippen LogP contribution in [0.25, 0.3) is 10.9 Å². The first-order chi connectivity index (χ1) is 38.8. The zero-order valence-corrected chi connectivity index (χ0v) is 45.5. The first-order valence-corrected chi connectivity index (χ1v) is 27.2. The molecule has 6 rings (SSSR count). The van der Waals surface area contributed by atoms with Gasteiger partial charge in [-0.2, -0.15) is 0 Å². The van der Waals surface area contributed by atoms with E-state index in [0.717, 1.165) is 16.5 Å². The third-order valence-corrected chi connectivity index (χ3v) is 14.1. The fourth-order valence-electron chi connectivity index (χ4n) is 10.1. The van der Waals surface area contributed by atoms with E-state index in [2.05, 4.69) is 52.2 Å². The van der Waals surface area contributed by atoms with Crippen LogP contribution in [0.1, 0.15) is 81.4 Å². The fraction of sp³-hybridized carbons (Fsp3) is 0.446. The lowest BCUT2D eigenvalue weighted by Crippen LogP contribution is -2.60. The van der Waals surface area contributed by atoms with Crippen molar-refractivity contribution < 1.29 is 43.2 Å². The Hall–Kier alpha value is -9.03. The maximum absolute atomic E-state index is 15.2. The zero-order valence-electron chi connectivity index (χ0n) is 45.5. The predicted molar refractivity (Wildman–Crippen MR) is 304 cm³/mol. The van der Waals surface area contributed by atoms with Gasteiger partial charge < -0.3 is 75.8 Å². The molecule has 4 aromatic rings. The van der Waals surface area contributed by atoms with Gasteiger partial charge in [0.25, 0.3) is 0 Å². The molecule has 0 aliphatic carbocycles. The number of nitrogens with two attached hydrogens (primary N) is 5. The van der Waals surface area contributed by atoms with Crippen molar-refractivity contribution in [2.24, 2.45) is 44.6 Å². The van der Waals surface area contributed by atoms with Gasteiger partial charge in [0.1, 0.15) is 42.3 Å². The molecule has 0 bridgehead atoms. The second kappa shape index (κ2) is 30.4. The smallest absolute Gasteiger partial charge is 0.246 e. The number of amides is 9. The zero-order chi connectivity index (χ0) is 58.4. The fourth-order valence-corrected chi connectivity index (χ4v) is 10.1. The molecule has 2 saturated heterocycles. The minimum Gasteiger partial charge on any atom is -0.370 e. The number of primary amides is 1. The molecule has 2 aliphatic rings. The summed E-state index contributed by atoms with van der Waals surface area (Å²) in [6, 6.07) is 16.3. The third-order valence-electron chi connectivity index (χ3n) is 14.1. The number of para-hydroxylation sites is 1. The molecule has 1 unspecified atom stereocenters. The number of fused-ring (bicyclic) bond motifs is 2. The highest BCUT2D eigenvalue weighted by atomic mass is 16.2. The summed E-state index contributed by atoms with van der Waals surface area (Å²) in [5.74, 6) is -7.36. The lowest BCUT2D eigenvalue weighted by atomic mass is 9.96. The van der Waals surface area contributed by atoms with Gasteiger partial charge in [0.15, 0.2) is 11.9 Å². The van der Waals surface area contributed by atoms with Crippen LogP contribution >= 0.6 is 0 Å². The number of carbonyl (C=O) groups is 9. The number of rotatable bonds is 18. The lowest BCUT2D eigenvalue weighted by molar-refractivity contribution is -0.143. The summed E-state index contributed by atoms with van der Waals surface area (Å²) in [6.45, 7) is 1.46. The topological polar surface area (TPSA) is 412 Å². The van der Waals surface area contributed by atoms with Gasteiger partial charge in [0.2, 0.25) is 53.2 Å². The van der Waals surface area contributed by atoms with Crippen LogP contribution < -0.4 is 65.9 Å². The molecule has 434 valence electrons. The Morgan fingerprint density at radius 1 is 0.691 bits per heavy atom. The van der Waals surface area contributed by atoms with Gasteiger partial charge in [-0.05, 0) is 86.5 Å². The Morgan fingerprint density at radius 3 is 1.95 bits per heavy atom. The summed E-state index contributed by atoms with van der Waals surface area (Å²) < 4.78 is 0. The monoisotopic (exact) mass is 1120 g/mol. The van der Waals surface area contributed by atoms with Gasteiger partial charge >= 0.3 is 0 Å². The van der Waals surface area contributed by atoms with E-state index in [1.807, 2.05) is 54.6 Å². The SMILES string of the molecule is CC(=O)N[C@@H](CCCN=C(N)N)C(=O)N[C@H]1CC(=O)NCCCCC(C(N)=O)NC(=O)[C@H](Cc2c[nH]c3ccccc23)NC(=O)[C@H](CCCN=C(N)N)NC(=O)[C@@H](Cc2ccccc2)NC(=O)[C@@H]2C[C@@H](Cc3ccccc3)CN2C1=O. The molecule has 9 amide bonds. The van der Waals surface area contributed by atoms with Crippen LogP contribution in [-0.4, -0.2) is 143 Å². The van der Waals surface area contributed by atoms with Crippen molar-refractivity contribution in [1.82, 2.24) is 47.1 Å². The molecule has 81 heavy (non-hydrogen) atoms. The number of hydrogen-bond acceptors (Lipinski definition) is 11. The summed E-state index contributed by atoms with van der Waals surface area (Å²) in [5, 5.41) is 20.1. The number of benzene rings is 3. The number of nitrogens with one attached hydrogen (secondary N) is 8. The minimum atomic E-state index is -1.58. The van der Waals surface area contributed by atoms with Crippen LogP contribution in [0.4, 0.5) is 0 Å². The predicted octanol–water partition coefficient (Wildman–Crippen LogP) is -1.38. The second-order valence-electron chi connectivity index (χ2n) is 20.5. The summed E-state index contributed by atoms with van der Waals surface area (Å²) in [7, 11) is 0. The van der Waals surface area contributed by atoms with E-state index in [1.165, 1.54) is 11.8 Å². The van der Waals surface area contributed by atoms with Crippen LogP contribution in [0, 0.1) is 5.92 Å². The van der Waals surface area contributed by atoms with E-state index < -0.39 is 102 Å². The van der Waals surface area contributed by atoms with E-state index in [-0.39, 0.29) is 108 Å². The molecule has 0 spiro atoms. The van der Waals surface area contributed by atoms with Gasteiger partial charge in [0, 0.05) is 63.0 Å². The number of aromatic nitrogens is 1. The van der Waals surface area contributed by atoms with Crippen molar-refractivity contribution in [2.75, 3.05) is 26.2 Å². The first kappa shape index (κ1) is 61.2. The van der Waals surface area contributed by atoms with Gasteiger partial charge in [-0.3, -0.25) is 53.1 Å². The Balaban J connectivity index is 1.40. The highest BCUT2D eigenvalue weighted by Crippen LogP contribution is 2.29. The number of aliphatic imine (C=N–C) groups is 2. The average molecular weight is 1120 g/mol. The molecule has 25 nitrogen and oxygen atoms in total. The normalized spacial score (nSPS) is 22.1. The van der Waals surface area contributed by atoms with E-state index in [4.69, 9.17) is 28.7 Å². The van der Waals surface area contributed by atoms with E-state index in [0.29, 0.717) is 17.5 Å². The number of H-pyrrole nitrogens is 1. The van der Waals surface area contributed by atoms with Crippen LogP contribution in [0.15, 0.2) is 101 Å². The molecule has 1 aromatic heterocycles. The number of carbonyl (C=O) groups excluding carboxylic acids is 9. The molecular formula is C56H76N16O9. The molecule has 3 heterocycles. The molecule has 25 heteroatoms. The van der Waals surface area contributed by atoms with Crippen molar-refractivity contribution >= 4 is 76.0 Å². The number of aromatic amines is 1. The molecule has 0 radical (unpaired) electrons. The highest BCUT2D eigenvalue weighted by Gasteiger charge is 2.44. The third kappa shape index (κ3) is 19.1. The lowest BCUT2D eigenvalue weighted by Gasteiger charge is -2.31. The quantitative estimate of drug-likeness (QED) is 0.0311. The Labute approximate surface area is 469 Å². The average Bonchev–Trinajstić information content (AvgIpc) is 4.20. The summed E-state index contributed by atoms with van der Waals surface area (Å²) in [4.78, 5) is 140. The summed E-state index contributed by atoms with van der Waals surface area (Å²) >= 11 is 0. The van der Waals surface area contributed by atoms with Crippen molar-refractivity contribution in [3.8, 4) is 0 Å². The largest absolute Gasteiger partial charge is 0.370 e. The maximum atomic E-state index is 15.2. The Morgan fingerprint density at radius 2 is 1.28 bits per heavy atom. The van der Waals surface area contributed by atoms with Crippen LogP contribution in [0.3, 0.4) is 0 Å². The van der Waals surface area contributed by atoms with E-state index >= 15 is 9.59 Å². The van der Waals surface area contributed by atoms with Crippen LogP contribution in [-0.2, 0) is 62.4 Å². The standard InChI is InChI=1S/C56H76N16O9/c1-33(73)66-41(21-12-24-63-55(58)59)49(76)71-45-30-47(74)62-23-11-10-20-40(48(57)75)67-52(79)44(29-37-31-65-39-19-9-8-18-38(37)39)69-50(77)42(22-13-25-64-56(60)61)68-51(78)43(27-35-16-6-3-7-17-35)70-53(80)46-28-36(32-72(46)54(45)81)26-34-14-4-2-5-15-34/h2-9,14-19,31,36,40-46,65H,10-13,20-30,32H2,1H3,(H2,57,75)(H,62,74)(H,66,73)(H,67,79)(H,68,78)(H,69,77)(H,70,80)(H,71,76)(H4,58,59,63)(H4,60,61,64)/t36-,40?,41+,42+,43-,44+,45+,46+/m1/s1. The molecular weight excluding hydrogens is 1040 g/mol. The Bertz CT molecular complexity index is 2890. The van der Waals surface area contributed by atoms with E-state index in [1.54, 1.807) is 36.5 Å². The van der Waals surface area contributed by atoms with Gasteiger partial charge in [0.05, 0.1) is 6.42 Å². The number of hydrogen-bond donors (Lipinski definition) is 13. The molecule has 2 aliphatic heterocycles. The van der Waals surface area contributed by atoms with Gasteiger partial charge in [-0.15, -0.1) is 0 Å². The highest BCUT2D eigenvalue weighted by molar-refractivity contribution is 5.99. The van der Waals surface area contributed by atoms with Gasteiger partial charge in [-0.1, -0.05) is 78.9 Å². The van der Waals surface area contributed by atoms with Crippen LogP contribution in [0.2, 0.25) is 0 Å². The summed E-state index contributed by atoms with van der Waals surface area (Å²) in [5.41, 5.74) is 31.1. The molecule has 18 N–H and O–H groups in total. The molecule has 2 fully saturated rings.